The summed E-state index contributed by atoms with van der Waals surface area (Å²) < 4.78 is 19.9. The van der Waals surface area contributed by atoms with Gasteiger partial charge in [0.1, 0.15) is 0 Å². The summed E-state index contributed by atoms with van der Waals surface area (Å²) in [6.07, 6.45) is 0. The number of fused-ring (bicyclic) bond motifs is 16. The number of pyridine rings is 2. The summed E-state index contributed by atoms with van der Waals surface area (Å²) in [5.41, 5.74) is 17.7. The Morgan fingerprint density at radius 3 is 1.03 bits per heavy atom. The van der Waals surface area contributed by atoms with E-state index < -0.39 is 7.14 Å². The minimum absolute atomic E-state index is 0.624. The maximum atomic E-state index is 15.2. The van der Waals surface area contributed by atoms with E-state index in [0.29, 0.717) is 17.5 Å². The molecule has 0 atom stereocenters. The van der Waals surface area contributed by atoms with Gasteiger partial charge in [-0.3, -0.25) is 0 Å². The Morgan fingerprint density at radius 1 is 0.223 bits per heavy atom. The van der Waals surface area contributed by atoms with Crippen LogP contribution in [0.25, 0.3) is 188 Å². The average molecular weight is 1450 g/mol. The molecule has 5 heterocycles. The van der Waals surface area contributed by atoms with Crippen LogP contribution in [0, 0.1) is 0 Å². The Labute approximate surface area is 645 Å². The first-order valence-electron chi connectivity index (χ1n) is 37.8. The fourth-order valence-electron chi connectivity index (χ4n) is 16.9. The number of hydrogen-bond donors (Lipinski definition) is 0. The van der Waals surface area contributed by atoms with Crippen molar-refractivity contribution < 1.29 is 4.57 Å². The molecule has 0 N–H and O–H groups in total. The predicted molar refractivity (Wildman–Crippen MR) is 468 cm³/mol. The topological polar surface area (TPSA) is 91.4 Å². The van der Waals surface area contributed by atoms with Gasteiger partial charge in [-0.2, -0.15) is 0 Å². The van der Waals surface area contributed by atoms with Crippen LogP contribution in [-0.2, 0) is 4.57 Å². The van der Waals surface area contributed by atoms with Crippen LogP contribution in [0.4, 0.5) is 0 Å². The van der Waals surface area contributed by atoms with Crippen LogP contribution in [0.15, 0.2) is 400 Å². The van der Waals surface area contributed by atoms with Gasteiger partial charge in [0, 0.05) is 87.4 Å². The Balaban J connectivity index is 0.000000144. The lowest BCUT2D eigenvalue weighted by atomic mass is 9.92. The summed E-state index contributed by atoms with van der Waals surface area (Å²) >= 11 is 0. The number of nitrogens with zero attached hydrogens (tertiary/aromatic N) is 7. The van der Waals surface area contributed by atoms with E-state index in [1.54, 1.807) is 0 Å². The van der Waals surface area contributed by atoms with E-state index in [1.165, 1.54) is 54.2 Å². The van der Waals surface area contributed by atoms with Crippen molar-refractivity contribution >= 4 is 132 Å². The molecule has 9 heteroatoms. The Morgan fingerprint density at radius 2 is 0.545 bits per heavy atom. The minimum Gasteiger partial charge on any atom is -0.309 e. The molecule has 22 rings (SSSR count). The van der Waals surface area contributed by atoms with Gasteiger partial charge in [0.05, 0.1) is 44.5 Å². The molecule has 0 radical (unpaired) electrons. The molecule has 22 aromatic rings. The van der Waals surface area contributed by atoms with E-state index in [1.807, 2.05) is 121 Å². The third-order valence-corrected chi connectivity index (χ3v) is 25.1. The third kappa shape index (κ3) is 11.1. The SMILES string of the molecule is O=P(c1ccccc1)(c1ccccc1)c1ccc(-n2c3ccccc3c3c(-c4cc5ccccc5c5ccccc45)nc4ccccc4c32)cc1.c1ccc(-c2nc(-c3ccccc3)nc(-c3ccc(-n4c5ccccc5c5c(-c6ccc(-c7cc8ccccc8c8ccccc78)cc6)nc6ccccc6c54)cc3)n2)cc1. The zero-order valence-corrected chi connectivity index (χ0v) is 61.5. The van der Waals surface area contributed by atoms with Gasteiger partial charge in [0.2, 0.25) is 0 Å². The van der Waals surface area contributed by atoms with Gasteiger partial charge in [-0.05, 0) is 139 Å². The first kappa shape index (κ1) is 65.7. The molecule has 0 unspecified atom stereocenters. The third-order valence-electron chi connectivity index (χ3n) is 22.1. The van der Waals surface area contributed by atoms with E-state index in [4.69, 9.17) is 24.9 Å². The fourth-order valence-corrected chi connectivity index (χ4v) is 19.5. The van der Waals surface area contributed by atoms with Gasteiger partial charge in [0.15, 0.2) is 24.6 Å². The van der Waals surface area contributed by atoms with Crippen LogP contribution < -0.4 is 15.9 Å². The highest BCUT2D eigenvalue weighted by Gasteiger charge is 2.31. The number of aromatic nitrogens is 7. The first-order valence-corrected chi connectivity index (χ1v) is 39.5. The van der Waals surface area contributed by atoms with Gasteiger partial charge < -0.3 is 13.7 Å². The highest BCUT2D eigenvalue weighted by Crippen LogP contribution is 2.48. The number of hydrogen-bond acceptors (Lipinski definition) is 6. The van der Waals surface area contributed by atoms with Crippen LogP contribution in [0.2, 0.25) is 0 Å². The fraction of sp³-hybridized carbons (Fsp3) is 0. The minimum atomic E-state index is -3.12. The molecule has 0 bridgehead atoms. The van der Waals surface area contributed by atoms with Gasteiger partial charge >= 0.3 is 0 Å². The highest BCUT2D eigenvalue weighted by molar-refractivity contribution is 7.85. The second kappa shape index (κ2) is 27.3. The molecule has 8 nitrogen and oxygen atoms in total. The summed E-state index contributed by atoms with van der Waals surface area (Å²) in [4.78, 5) is 25.7. The molecule has 524 valence electrons. The molecule has 0 amide bonds. The smallest absolute Gasteiger partial charge is 0.171 e. The summed E-state index contributed by atoms with van der Waals surface area (Å²) in [6, 6.07) is 139. The maximum absolute atomic E-state index is 15.2. The summed E-state index contributed by atoms with van der Waals surface area (Å²) in [7, 11) is -3.12. The second-order valence-corrected chi connectivity index (χ2v) is 31.2. The molecular weight excluding hydrogens is 1380 g/mol. The molecule has 5 aromatic heterocycles. The van der Waals surface area contributed by atoms with Crippen LogP contribution in [0.1, 0.15) is 0 Å². The van der Waals surface area contributed by atoms with Crippen LogP contribution in [0.5, 0.6) is 0 Å². The number of para-hydroxylation sites is 4. The Bertz CT molecular complexity index is 7400. The van der Waals surface area contributed by atoms with Crippen molar-refractivity contribution in [1.29, 1.82) is 0 Å². The second-order valence-electron chi connectivity index (χ2n) is 28.4. The van der Waals surface area contributed by atoms with E-state index in [0.717, 1.165) is 132 Å². The van der Waals surface area contributed by atoms with Crippen LogP contribution in [0.3, 0.4) is 0 Å². The molecule has 0 aliphatic rings. The predicted octanol–water partition coefficient (Wildman–Crippen LogP) is 25.1. The lowest BCUT2D eigenvalue weighted by Gasteiger charge is -2.20. The van der Waals surface area contributed by atoms with E-state index >= 15 is 4.57 Å². The maximum Gasteiger partial charge on any atom is 0.171 e. The zero-order valence-electron chi connectivity index (χ0n) is 60.6. The monoisotopic (exact) mass is 1450 g/mol. The summed E-state index contributed by atoms with van der Waals surface area (Å²) in [5, 5.41) is 19.0. The molecule has 0 fully saturated rings. The quantitative estimate of drug-likeness (QED) is 0.0946. The molecule has 0 aliphatic carbocycles. The van der Waals surface area contributed by atoms with E-state index in [9.17, 15) is 0 Å². The van der Waals surface area contributed by atoms with Crippen molar-refractivity contribution in [2.75, 3.05) is 0 Å². The van der Waals surface area contributed by atoms with Crippen molar-refractivity contribution in [3.8, 4) is 79.2 Å². The highest BCUT2D eigenvalue weighted by atomic mass is 31.2. The molecule has 0 saturated heterocycles. The van der Waals surface area contributed by atoms with Gasteiger partial charge in [-0.15, -0.1) is 0 Å². The van der Waals surface area contributed by atoms with Crippen molar-refractivity contribution in [2.24, 2.45) is 0 Å². The van der Waals surface area contributed by atoms with Crippen molar-refractivity contribution in [3.05, 3.63) is 400 Å². The first-order chi connectivity index (χ1) is 55.4. The van der Waals surface area contributed by atoms with Crippen molar-refractivity contribution in [3.63, 3.8) is 0 Å². The van der Waals surface area contributed by atoms with Crippen molar-refractivity contribution in [1.82, 2.24) is 34.1 Å². The standard InChI is InChI=1S/C56H35N5.C47H31N2OP/c1-3-15-38(16-4-1)54-58-55(39-17-5-2-6-18-39)60-56(59-54)40-31-33-42(34-32-40)61-50-26-14-12-24-47(50)51-52(57-49-25-13-11-23-46(49)53(51)61)37-29-27-36(28-30-37)48-35-41-19-7-8-20-43(41)44-21-9-10-22-45(44)48;50-51(34-16-3-1-4-17-34,35-18-5-2-6-19-35)36-29-27-33(28-30-36)49-44-26-14-12-24-41(44)45-46(48-43-25-13-11-23-40(43)47(45)49)42-31-32-15-7-8-20-37(32)38-21-9-10-22-39(38)42/h1-35H;1-31H. The van der Waals surface area contributed by atoms with E-state index in [-0.39, 0.29) is 0 Å². The average Bonchev–Trinajstić information content (AvgIpc) is 1.55. The molecular formula is C103H66N7OP. The normalized spacial score (nSPS) is 11.8. The summed E-state index contributed by atoms with van der Waals surface area (Å²) in [6.45, 7) is 0. The number of benzene rings is 17. The van der Waals surface area contributed by atoms with Gasteiger partial charge in [0.25, 0.3) is 0 Å². The molecule has 0 spiro atoms. The zero-order chi connectivity index (χ0) is 74.2. The molecule has 17 aromatic carbocycles. The molecule has 0 aliphatic heterocycles. The molecule has 112 heavy (non-hydrogen) atoms. The largest absolute Gasteiger partial charge is 0.309 e. The van der Waals surface area contributed by atoms with Crippen molar-refractivity contribution in [2.45, 2.75) is 0 Å². The Kier molecular flexibility index (Phi) is 16.0. The lowest BCUT2D eigenvalue weighted by Crippen LogP contribution is -2.24. The van der Waals surface area contributed by atoms with Gasteiger partial charge in [-0.25, -0.2) is 24.9 Å². The van der Waals surface area contributed by atoms with Crippen LogP contribution >= 0.6 is 7.14 Å². The Hall–Kier alpha value is -14.6. The lowest BCUT2D eigenvalue weighted by molar-refractivity contribution is 0.592. The summed E-state index contributed by atoms with van der Waals surface area (Å²) in [5.74, 6) is 1.90. The number of rotatable bonds is 11. The van der Waals surface area contributed by atoms with Gasteiger partial charge in [-0.1, -0.05) is 315 Å². The van der Waals surface area contributed by atoms with Crippen LogP contribution in [-0.4, -0.2) is 34.1 Å². The van der Waals surface area contributed by atoms with E-state index in [2.05, 4.69) is 288 Å². The molecule has 0 saturated carbocycles.